The van der Waals surface area contributed by atoms with Crippen LogP contribution < -0.4 is 9.80 Å². The van der Waals surface area contributed by atoms with E-state index in [1.54, 1.807) is 4.90 Å². The molecule has 0 bridgehead atoms. The van der Waals surface area contributed by atoms with Gasteiger partial charge in [0.2, 0.25) is 5.95 Å². The molecule has 0 spiro atoms. The predicted octanol–water partition coefficient (Wildman–Crippen LogP) is 2.84. The summed E-state index contributed by atoms with van der Waals surface area (Å²) in [5.74, 6) is -2.02. The molecule has 9 nitrogen and oxygen atoms in total. The van der Waals surface area contributed by atoms with E-state index in [0.717, 1.165) is 23.4 Å². The van der Waals surface area contributed by atoms with Crippen molar-refractivity contribution < 1.29 is 35.9 Å². The Morgan fingerprint density at radius 1 is 1.26 bits per heavy atom. The highest BCUT2D eigenvalue weighted by molar-refractivity contribution is 7.90. The number of benzene rings is 1. The summed E-state index contributed by atoms with van der Waals surface area (Å²) in [7, 11) is -2.46. The topological polar surface area (TPSA) is 107 Å². The van der Waals surface area contributed by atoms with Gasteiger partial charge in [-0.05, 0) is 30.5 Å². The minimum absolute atomic E-state index is 0.0657. The summed E-state index contributed by atoms with van der Waals surface area (Å²) in [5, 5.41) is 8.96. The van der Waals surface area contributed by atoms with Gasteiger partial charge in [0.25, 0.3) is 5.91 Å². The Kier molecular flexibility index (Phi) is 8.86. The molecule has 2 heterocycles. The molecule has 14 heteroatoms. The van der Waals surface area contributed by atoms with Crippen LogP contribution >= 0.6 is 0 Å². The first-order chi connectivity index (χ1) is 17.6. The fourth-order valence-electron chi connectivity index (χ4n) is 4.33. The van der Waals surface area contributed by atoms with Crippen molar-refractivity contribution in [2.75, 3.05) is 55.9 Å². The van der Waals surface area contributed by atoms with E-state index in [2.05, 4.69) is 9.97 Å². The quantitative estimate of drug-likeness (QED) is 0.491. The van der Waals surface area contributed by atoms with Crippen molar-refractivity contribution in [1.82, 2.24) is 14.9 Å². The van der Waals surface area contributed by atoms with Gasteiger partial charge in [0, 0.05) is 58.0 Å². The van der Waals surface area contributed by atoms with Crippen molar-refractivity contribution >= 4 is 27.4 Å². The monoisotopic (exact) mass is 561 g/mol. The van der Waals surface area contributed by atoms with Crippen LogP contribution in [0, 0.1) is 11.7 Å². The first-order valence-corrected chi connectivity index (χ1v) is 13.9. The first kappa shape index (κ1) is 29.6. The lowest BCUT2D eigenvalue weighted by atomic mass is 9.99. The lowest BCUT2D eigenvalue weighted by Gasteiger charge is -2.44. The number of aliphatic hydroxyl groups excluding tert-OH is 1. The number of aromatic nitrogens is 2. The Hall–Kier alpha value is -3.00. The van der Waals surface area contributed by atoms with Gasteiger partial charge in [0.15, 0.2) is 15.5 Å². The van der Waals surface area contributed by atoms with Gasteiger partial charge in [0.1, 0.15) is 10.7 Å². The van der Waals surface area contributed by atoms with E-state index in [1.807, 2.05) is 18.7 Å². The molecule has 1 saturated heterocycles. The number of piperazine rings is 1. The Morgan fingerprint density at radius 3 is 2.53 bits per heavy atom. The lowest BCUT2D eigenvalue weighted by Crippen LogP contribution is -2.56. The third-order valence-electron chi connectivity index (χ3n) is 6.40. The van der Waals surface area contributed by atoms with Crippen LogP contribution in [0.15, 0.2) is 29.3 Å². The van der Waals surface area contributed by atoms with Gasteiger partial charge < -0.3 is 19.8 Å². The molecule has 1 aliphatic heterocycles. The normalized spacial score (nSPS) is 16.7. The zero-order valence-electron chi connectivity index (χ0n) is 21.5. The van der Waals surface area contributed by atoms with Crippen LogP contribution in [0.25, 0.3) is 0 Å². The second-order valence-electron chi connectivity index (χ2n) is 9.57. The molecule has 1 aromatic carbocycles. The molecule has 0 radical (unpaired) electrons. The smallest absolute Gasteiger partial charge is 0.396 e. The van der Waals surface area contributed by atoms with Gasteiger partial charge in [-0.3, -0.25) is 4.79 Å². The number of aliphatic hydroxyl groups is 1. The number of rotatable bonds is 8. The predicted molar refractivity (Wildman–Crippen MR) is 133 cm³/mol. The number of hydrogen-bond acceptors (Lipinski definition) is 8. The number of nitrogens with zero attached hydrogens (tertiary/aromatic N) is 5. The molecule has 2 aromatic rings. The molecule has 38 heavy (non-hydrogen) atoms. The number of amides is 1. The maximum Gasteiger partial charge on any atom is 0.434 e. The Labute approximate surface area is 219 Å². The van der Waals surface area contributed by atoms with Gasteiger partial charge >= 0.3 is 6.18 Å². The second kappa shape index (κ2) is 11.4. The van der Waals surface area contributed by atoms with Crippen molar-refractivity contribution in [3.05, 3.63) is 41.5 Å². The number of sulfone groups is 1. The van der Waals surface area contributed by atoms with Crippen LogP contribution in [0.2, 0.25) is 0 Å². The Balaban J connectivity index is 1.94. The fourth-order valence-corrected chi connectivity index (χ4v) is 5.09. The van der Waals surface area contributed by atoms with Crippen molar-refractivity contribution in [3.8, 4) is 0 Å². The van der Waals surface area contributed by atoms with E-state index in [9.17, 15) is 30.8 Å². The van der Waals surface area contributed by atoms with Crippen LogP contribution in [0.3, 0.4) is 0 Å². The van der Waals surface area contributed by atoms with Crippen molar-refractivity contribution in [2.24, 2.45) is 5.92 Å². The van der Waals surface area contributed by atoms with Gasteiger partial charge in [0.05, 0.1) is 11.6 Å². The maximum atomic E-state index is 14.1. The summed E-state index contributed by atoms with van der Waals surface area (Å²) in [5.41, 5.74) is -1.55. The highest BCUT2D eigenvalue weighted by Gasteiger charge is 2.40. The van der Waals surface area contributed by atoms with Gasteiger partial charge in [-0.25, -0.2) is 22.8 Å². The summed E-state index contributed by atoms with van der Waals surface area (Å²) in [6.45, 7) is 4.40. The van der Waals surface area contributed by atoms with Crippen LogP contribution in [-0.4, -0.2) is 86.4 Å². The Morgan fingerprint density at radius 2 is 1.95 bits per heavy atom. The molecule has 1 N–H and O–H groups in total. The number of carbonyl (C=O) groups is 1. The van der Waals surface area contributed by atoms with E-state index < -0.39 is 43.9 Å². The molecule has 0 saturated carbocycles. The number of anilines is 2. The molecule has 3 rings (SSSR count). The van der Waals surface area contributed by atoms with Gasteiger partial charge in [-0.15, -0.1) is 0 Å². The van der Waals surface area contributed by atoms with E-state index in [1.165, 1.54) is 19.2 Å². The molecule has 1 aliphatic rings. The zero-order chi connectivity index (χ0) is 28.4. The first-order valence-electron chi connectivity index (χ1n) is 12.0. The van der Waals surface area contributed by atoms with Crippen LogP contribution in [0.1, 0.15) is 36.3 Å². The van der Waals surface area contributed by atoms with Crippen LogP contribution in [-0.2, 0) is 16.0 Å². The minimum Gasteiger partial charge on any atom is -0.396 e. The Bertz CT molecular complexity index is 1270. The van der Waals surface area contributed by atoms with Gasteiger partial charge in [-0.2, -0.15) is 13.2 Å². The highest BCUT2D eigenvalue weighted by atomic mass is 32.2. The standard InChI is InChI=1S/C24H31F4N5O4S/c1-15(2)19-14-32(16-6-7-18(25)20(12-16)38(4,36)37)9-10-33(19)23-29-13-17(21(30-23)24(26,27)28)22(35)31(3)8-5-11-34/h6-7,12-13,15,19,34H,5,8-11,14H2,1-4H3. The van der Waals surface area contributed by atoms with E-state index >= 15 is 0 Å². The zero-order valence-corrected chi connectivity index (χ0v) is 22.4. The summed E-state index contributed by atoms with van der Waals surface area (Å²) < 4.78 is 79.9. The SMILES string of the molecule is CC(C)C1CN(c2ccc(F)c(S(C)(=O)=O)c2)CCN1c1ncc(C(=O)N(C)CCCO)c(C(F)(F)F)n1. The number of carbonyl (C=O) groups excluding carboxylic acids is 1. The molecule has 0 aliphatic carbocycles. The van der Waals surface area contributed by atoms with Gasteiger partial charge in [-0.1, -0.05) is 13.8 Å². The average Bonchev–Trinajstić information content (AvgIpc) is 2.85. The average molecular weight is 562 g/mol. The number of hydrogen-bond donors (Lipinski definition) is 1. The molecule has 210 valence electrons. The molecule has 1 unspecified atom stereocenters. The third-order valence-corrected chi connectivity index (χ3v) is 7.51. The summed E-state index contributed by atoms with van der Waals surface area (Å²) in [6, 6.07) is 3.42. The van der Waals surface area contributed by atoms with E-state index in [0.29, 0.717) is 12.2 Å². The number of alkyl halides is 3. The third kappa shape index (κ3) is 6.52. The minimum atomic E-state index is -4.91. The molecular weight excluding hydrogens is 530 g/mol. The second-order valence-corrected chi connectivity index (χ2v) is 11.6. The summed E-state index contributed by atoms with van der Waals surface area (Å²) in [6.07, 6.45) is -2.90. The molecule has 1 aromatic heterocycles. The van der Waals surface area contributed by atoms with E-state index in [4.69, 9.17) is 5.11 Å². The molecule has 1 amide bonds. The largest absolute Gasteiger partial charge is 0.434 e. The summed E-state index contributed by atoms with van der Waals surface area (Å²) in [4.78, 5) is 24.7. The van der Waals surface area contributed by atoms with E-state index in [-0.39, 0.29) is 50.6 Å². The number of halogens is 4. The van der Waals surface area contributed by atoms with Crippen molar-refractivity contribution in [1.29, 1.82) is 0 Å². The molecular formula is C24H31F4N5O4S. The maximum absolute atomic E-state index is 14.1. The van der Waals surface area contributed by atoms with Crippen LogP contribution in [0.4, 0.5) is 29.2 Å². The fraction of sp³-hybridized carbons (Fsp3) is 0.542. The molecule has 1 atom stereocenters. The van der Waals surface area contributed by atoms with Crippen LogP contribution in [0.5, 0.6) is 0 Å². The lowest BCUT2D eigenvalue weighted by molar-refractivity contribution is -0.141. The molecule has 1 fully saturated rings. The highest BCUT2D eigenvalue weighted by Crippen LogP contribution is 2.34. The summed E-state index contributed by atoms with van der Waals surface area (Å²) >= 11 is 0. The van der Waals surface area contributed by atoms with Crippen molar-refractivity contribution in [3.63, 3.8) is 0 Å². The van der Waals surface area contributed by atoms with Crippen molar-refractivity contribution in [2.45, 2.75) is 37.4 Å².